The SMILES string of the molecule is c1cncc(Nc2cccc(-c3cnc4ccccn34)c2)c1. The fourth-order valence-electron chi connectivity index (χ4n) is 2.51. The molecule has 0 radical (unpaired) electrons. The summed E-state index contributed by atoms with van der Waals surface area (Å²) in [5, 5.41) is 3.36. The average Bonchev–Trinajstić information content (AvgIpc) is 3.00. The number of pyridine rings is 2. The lowest BCUT2D eigenvalue weighted by molar-refractivity contribution is 1.19. The molecule has 0 aliphatic heterocycles. The van der Waals surface area contributed by atoms with E-state index in [2.05, 4.69) is 31.8 Å². The summed E-state index contributed by atoms with van der Waals surface area (Å²) < 4.78 is 2.09. The molecule has 0 amide bonds. The molecule has 0 aliphatic carbocycles. The van der Waals surface area contributed by atoms with Crippen molar-refractivity contribution >= 4 is 17.0 Å². The van der Waals surface area contributed by atoms with Crippen molar-refractivity contribution in [1.82, 2.24) is 14.4 Å². The van der Waals surface area contributed by atoms with E-state index in [1.54, 1.807) is 12.4 Å². The molecule has 1 N–H and O–H groups in total. The minimum Gasteiger partial charge on any atom is -0.354 e. The third kappa shape index (κ3) is 2.31. The van der Waals surface area contributed by atoms with E-state index < -0.39 is 0 Å². The molecule has 3 aromatic heterocycles. The molecule has 0 fully saturated rings. The largest absolute Gasteiger partial charge is 0.354 e. The Morgan fingerprint density at radius 3 is 2.73 bits per heavy atom. The molecule has 0 bridgehead atoms. The maximum atomic E-state index is 4.44. The maximum Gasteiger partial charge on any atom is 0.137 e. The lowest BCUT2D eigenvalue weighted by Crippen LogP contribution is -1.92. The summed E-state index contributed by atoms with van der Waals surface area (Å²) in [6.07, 6.45) is 7.50. The molecule has 0 unspecified atom stereocenters. The first-order valence-electron chi connectivity index (χ1n) is 7.10. The highest BCUT2D eigenvalue weighted by molar-refractivity contribution is 5.70. The standard InChI is InChI=1S/C18H14N4/c1-2-10-22-17(13-20-18(22)8-1)14-5-3-6-15(11-14)21-16-7-4-9-19-12-16/h1-13,21H. The maximum absolute atomic E-state index is 4.44. The van der Waals surface area contributed by atoms with Crippen LogP contribution in [-0.2, 0) is 0 Å². The molecule has 4 nitrogen and oxygen atoms in total. The van der Waals surface area contributed by atoms with Gasteiger partial charge in [-0.3, -0.25) is 9.38 Å². The van der Waals surface area contributed by atoms with Crippen molar-refractivity contribution in [3.05, 3.63) is 79.4 Å². The quantitative estimate of drug-likeness (QED) is 0.615. The highest BCUT2D eigenvalue weighted by atomic mass is 15.0. The molecule has 4 aromatic rings. The van der Waals surface area contributed by atoms with E-state index in [4.69, 9.17) is 0 Å². The van der Waals surface area contributed by atoms with Gasteiger partial charge in [0.25, 0.3) is 0 Å². The third-order valence-corrected chi connectivity index (χ3v) is 3.53. The van der Waals surface area contributed by atoms with Crippen LogP contribution >= 0.6 is 0 Å². The van der Waals surface area contributed by atoms with E-state index in [0.717, 1.165) is 28.3 Å². The van der Waals surface area contributed by atoms with E-state index in [1.165, 1.54) is 0 Å². The summed E-state index contributed by atoms with van der Waals surface area (Å²) in [7, 11) is 0. The fourth-order valence-corrected chi connectivity index (χ4v) is 2.51. The molecule has 0 spiro atoms. The number of aromatic nitrogens is 3. The predicted octanol–water partition coefficient (Wildman–Crippen LogP) is 4.14. The molecule has 106 valence electrons. The van der Waals surface area contributed by atoms with Crippen LogP contribution in [0.1, 0.15) is 0 Å². The van der Waals surface area contributed by atoms with Crippen LogP contribution in [0.15, 0.2) is 79.4 Å². The molecule has 22 heavy (non-hydrogen) atoms. The monoisotopic (exact) mass is 286 g/mol. The van der Waals surface area contributed by atoms with Gasteiger partial charge in [-0.15, -0.1) is 0 Å². The molecule has 0 aliphatic rings. The van der Waals surface area contributed by atoms with Crippen LogP contribution < -0.4 is 5.32 Å². The second-order valence-electron chi connectivity index (χ2n) is 5.02. The van der Waals surface area contributed by atoms with Crippen LogP contribution in [0.4, 0.5) is 11.4 Å². The van der Waals surface area contributed by atoms with Crippen LogP contribution in [0.25, 0.3) is 16.9 Å². The van der Waals surface area contributed by atoms with E-state index in [9.17, 15) is 0 Å². The van der Waals surface area contributed by atoms with Crippen LogP contribution in [0, 0.1) is 0 Å². The second kappa shape index (κ2) is 5.33. The van der Waals surface area contributed by atoms with Gasteiger partial charge in [-0.2, -0.15) is 0 Å². The van der Waals surface area contributed by atoms with Crippen LogP contribution in [-0.4, -0.2) is 14.4 Å². The Balaban J connectivity index is 1.73. The highest BCUT2D eigenvalue weighted by Gasteiger charge is 2.06. The summed E-state index contributed by atoms with van der Waals surface area (Å²) in [6.45, 7) is 0. The van der Waals surface area contributed by atoms with Crippen molar-refractivity contribution in [3.8, 4) is 11.3 Å². The minimum atomic E-state index is 0.947. The molecule has 0 atom stereocenters. The number of hydrogen-bond donors (Lipinski definition) is 1. The normalized spacial score (nSPS) is 10.7. The fraction of sp³-hybridized carbons (Fsp3) is 0. The molecule has 1 aromatic carbocycles. The van der Waals surface area contributed by atoms with Crippen LogP contribution in [0.5, 0.6) is 0 Å². The first kappa shape index (κ1) is 12.6. The summed E-state index contributed by atoms with van der Waals surface area (Å²) in [5.41, 5.74) is 5.13. The van der Waals surface area contributed by atoms with Gasteiger partial charge in [0.1, 0.15) is 5.65 Å². The first-order chi connectivity index (χ1) is 10.9. The third-order valence-electron chi connectivity index (χ3n) is 3.53. The average molecular weight is 286 g/mol. The summed E-state index contributed by atoms with van der Waals surface area (Å²) in [4.78, 5) is 8.56. The summed E-state index contributed by atoms with van der Waals surface area (Å²) >= 11 is 0. The number of imidazole rings is 1. The van der Waals surface area contributed by atoms with Crippen LogP contribution in [0.2, 0.25) is 0 Å². The molecule has 0 saturated carbocycles. The Morgan fingerprint density at radius 2 is 1.82 bits per heavy atom. The van der Waals surface area contributed by atoms with Gasteiger partial charge in [0.15, 0.2) is 0 Å². The highest BCUT2D eigenvalue weighted by Crippen LogP contribution is 2.25. The Morgan fingerprint density at radius 1 is 0.864 bits per heavy atom. The van der Waals surface area contributed by atoms with Gasteiger partial charge in [-0.25, -0.2) is 4.98 Å². The van der Waals surface area contributed by atoms with Gasteiger partial charge >= 0.3 is 0 Å². The molecular formula is C18H14N4. The molecule has 0 saturated heterocycles. The van der Waals surface area contributed by atoms with Crippen molar-refractivity contribution in [2.75, 3.05) is 5.32 Å². The number of hydrogen-bond acceptors (Lipinski definition) is 3. The van der Waals surface area contributed by atoms with Crippen molar-refractivity contribution in [2.45, 2.75) is 0 Å². The Bertz CT molecular complexity index is 912. The number of anilines is 2. The summed E-state index contributed by atoms with van der Waals surface area (Å²) in [6, 6.07) is 18.2. The van der Waals surface area contributed by atoms with Gasteiger partial charge in [-0.05, 0) is 36.4 Å². The number of benzene rings is 1. The molecule has 3 heterocycles. The minimum absolute atomic E-state index is 0.947. The Kier molecular flexibility index (Phi) is 3.05. The number of nitrogens with zero attached hydrogens (tertiary/aromatic N) is 3. The first-order valence-corrected chi connectivity index (χ1v) is 7.10. The zero-order valence-electron chi connectivity index (χ0n) is 11.8. The van der Waals surface area contributed by atoms with Crippen molar-refractivity contribution in [2.24, 2.45) is 0 Å². The van der Waals surface area contributed by atoms with Gasteiger partial charge in [0.2, 0.25) is 0 Å². The van der Waals surface area contributed by atoms with E-state index in [1.807, 2.05) is 54.9 Å². The van der Waals surface area contributed by atoms with Crippen LogP contribution in [0.3, 0.4) is 0 Å². The van der Waals surface area contributed by atoms with E-state index in [0.29, 0.717) is 0 Å². The number of nitrogens with one attached hydrogen (secondary N) is 1. The topological polar surface area (TPSA) is 42.2 Å². The molecule has 4 rings (SSSR count). The van der Waals surface area contributed by atoms with Gasteiger partial charge in [0.05, 0.1) is 23.8 Å². The van der Waals surface area contributed by atoms with E-state index in [-0.39, 0.29) is 0 Å². The molecular weight excluding hydrogens is 272 g/mol. The zero-order valence-corrected chi connectivity index (χ0v) is 11.8. The van der Waals surface area contributed by atoms with Crippen molar-refractivity contribution in [1.29, 1.82) is 0 Å². The van der Waals surface area contributed by atoms with Gasteiger partial charge < -0.3 is 5.32 Å². The Hall–Kier alpha value is -3.14. The Labute approximate surface area is 128 Å². The zero-order chi connectivity index (χ0) is 14.8. The predicted molar refractivity (Wildman–Crippen MR) is 88.1 cm³/mol. The lowest BCUT2D eigenvalue weighted by Gasteiger charge is -2.08. The van der Waals surface area contributed by atoms with Gasteiger partial charge in [-0.1, -0.05) is 18.2 Å². The second-order valence-corrected chi connectivity index (χ2v) is 5.02. The molecule has 4 heteroatoms. The van der Waals surface area contributed by atoms with Crippen molar-refractivity contribution < 1.29 is 0 Å². The van der Waals surface area contributed by atoms with Crippen molar-refractivity contribution in [3.63, 3.8) is 0 Å². The van der Waals surface area contributed by atoms with Gasteiger partial charge in [0, 0.05) is 23.6 Å². The number of fused-ring (bicyclic) bond motifs is 1. The lowest BCUT2D eigenvalue weighted by atomic mass is 10.1. The summed E-state index contributed by atoms with van der Waals surface area (Å²) in [5.74, 6) is 0. The number of rotatable bonds is 3. The smallest absolute Gasteiger partial charge is 0.137 e. The van der Waals surface area contributed by atoms with E-state index >= 15 is 0 Å².